The van der Waals surface area contributed by atoms with Crippen LogP contribution in [0.2, 0.25) is 5.02 Å². The number of halogens is 3. The van der Waals surface area contributed by atoms with Crippen molar-refractivity contribution in [3.05, 3.63) is 64.7 Å². The number of hydrogen-bond donors (Lipinski definition) is 2. The molecule has 2 N–H and O–H groups in total. The predicted octanol–water partition coefficient (Wildman–Crippen LogP) is 5.61. The van der Waals surface area contributed by atoms with E-state index in [-0.39, 0.29) is 23.7 Å². The van der Waals surface area contributed by atoms with Crippen molar-refractivity contribution in [3.8, 4) is 0 Å². The SMILES string of the molecule is COC(=O)C1(Nc2cccc(Cl)c2)CCC2(CC1)c1ccccc1CC2CC(CO)C(F)F. The number of anilines is 1. The monoisotopic (exact) mass is 477 g/mol. The van der Waals surface area contributed by atoms with Gasteiger partial charge in [-0.2, -0.15) is 0 Å². The Morgan fingerprint density at radius 2 is 1.91 bits per heavy atom. The summed E-state index contributed by atoms with van der Waals surface area (Å²) in [5.74, 6) is -1.39. The third-order valence-corrected chi connectivity index (χ3v) is 7.99. The fourth-order valence-corrected chi connectivity index (χ4v) is 6.21. The number of carbonyl (C=O) groups is 1. The normalized spacial score (nSPS) is 27.4. The van der Waals surface area contributed by atoms with Gasteiger partial charge in [-0.25, -0.2) is 13.6 Å². The van der Waals surface area contributed by atoms with Crippen LogP contribution >= 0.6 is 11.6 Å². The molecule has 0 saturated heterocycles. The van der Waals surface area contributed by atoms with Crippen LogP contribution in [0.15, 0.2) is 48.5 Å². The molecule has 4 nitrogen and oxygen atoms in total. The van der Waals surface area contributed by atoms with Crippen LogP contribution < -0.4 is 5.32 Å². The number of hydrogen-bond acceptors (Lipinski definition) is 4. The van der Waals surface area contributed by atoms with E-state index in [0.717, 1.165) is 5.69 Å². The number of aliphatic hydroxyl groups excluding tert-OH is 1. The molecule has 1 spiro atoms. The molecule has 0 amide bonds. The number of nitrogens with one attached hydrogen (secondary N) is 1. The van der Waals surface area contributed by atoms with Crippen LogP contribution in [-0.4, -0.2) is 36.8 Å². The summed E-state index contributed by atoms with van der Waals surface area (Å²) in [6, 6.07) is 15.4. The van der Waals surface area contributed by atoms with Gasteiger partial charge in [0, 0.05) is 16.6 Å². The second-order valence-corrected chi connectivity index (χ2v) is 9.87. The van der Waals surface area contributed by atoms with E-state index in [1.807, 2.05) is 24.3 Å². The van der Waals surface area contributed by atoms with E-state index in [2.05, 4.69) is 17.4 Å². The zero-order chi connectivity index (χ0) is 23.6. The molecular weight excluding hydrogens is 448 g/mol. The molecule has 0 aliphatic heterocycles. The number of esters is 1. The molecule has 1 saturated carbocycles. The highest BCUT2D eigenvalue weighted by molar-refractivity contribution is 6.30. The molecule has 1 fully saturated rings. The first-order valence-corrected chi connectivity index (χ1v) is 11.8. The number of benzene rings is 2. The molecule has 178 valence electrons. The van der Waals surface area contributed by atoms with Crippen LogP contribution in [-0.2, 0) is 21.4 Å². The van der Waals surface area contributed by atoms with Gasteiger partial charge in [0.2, 0.25) is 6.43 Å². The summed E-state index contributed by atoms with van der Waals surface area (Å²) in [5, 5.41) is 13.5. The second kappa shape index (κ2) is 9.59. The summed E-state index contributed by atoms with van der Waals surface area (Å²) in [6.07, 6.45) is 0.767. The topological polar surface area (TPSA) is 58.6 Å². The van der Waals surface area contributed by atoms with E-state index in [9.17, 15) is 18.7 Å². The molecule has 2 aromatic carbocycles. The molecule has 2 aliphatic rings. The molecule has 0 radical (unpaired) electrons. The number of alkyl halides is 2. The number of rotatable bonds is 7. The van der Waals surface area contributed by atoms with E-state index in [4.69, 9.17) is 16.3 Å². The minimum Gasteiger partial charge on any atom is -0.467 e. The molecule has 0 bridgehead atoms. The van der Waals surface area contributed by atoms with Crippen LogP contribution in [0, 0.1) is 11.8 Å². The van der Waals surface area contributed by atoms with Gasteiger partial charge in [0.15, 0.2) is 0 Å². The summed E-state index contributed by atoms with van der Waals surface area (Å²) >= 11 is 6.14. The van der Waals surface area contributed by atoms with Crippen molar-refractivity contribution in [1.82, 2.24) is 0 Å². The van der Waals surface area contributed by atoms with Crippen molar-refractivity contribution in [2.24, 2.45) is 11.8 Å². The zero-order valence-corrected chi connectivity index (χ0v) is 19.5. The van der Waals surface area contributed by atoms with Crippen molar-refractivity contribution in [2.75, 3.05) is 19.0 Å². The molecule has 2 aliphatic carbocycles. The highest BCUT2D eigenvalue weighted by atomic mass is 35.5. The molecule has 4 rings (SSSR count). The molecule has 2 aromatic rings. The number of carbonyl (C=O) groups excluding carboxylic acids is 1. The van der Waals surface area contributed by atoms with Crippen LogP contribution in [0.25, 0.3) is 0 Å². The fraction of sp³-hybridized carbons (Fsp3) is 0.500. The van der Waals surface area contributed by atoms with Crippen LogP contribution in [0.4, 0.5) is 14.5 Å². The van der Waals surface area contributed by atoms with E-state index in [1.165, 1.54) is 18.2 Å². The van der Waals surface area contributed by atoms with Gasteiger partial charge >= 0.3 is 5.97 Å². The standard InChI is InChI=1S/C26H30ClF2NO3/c1-33-24(32)26(30-21-7-4-6-20(27)15-21)11-9-25(10-12-26)19(14-18(16-31)23(28)29)13-17-5-2-3-8-22(17)25/h2-8,15,18-19,23,30-31H,9-14,16H2,1H3. The fourth-order valence-electron chi connectivity index (χ4n) is 6.01. The average Bonchev–Trinajstić information content (AvgIpc) is 3.11. The molecular formula is C26H30ClF2NO3. The van der Waals surface area contributed by atoms with Crippen molar-refractivity contribution >= 4 is 23.3 Å². The van der Waals surface area contributed by atoms with Crippen molar-refractivity contribution in [3.63, 3.8) is 0 Å². The summed E-state index contributed by atoms with van der Waals surface area (Å²) in [7, 11) is 1.39. The first-order valence-electron chi connectivity index (χ1n) is 11.4. The first kappa shape index (κ1) is 24.0. The molecule has 2 unspecified atom stereocenters. The summed E-state index contributed by atoms with van der Waals surface area (Å²) < 4.78 is 32.3. The van der Waals surface area contributed by atoms with Gasteiger partial charge in [0.05, 0.1) is 13.7 Å². The maximum atomic E-state index is 13.5. The summed E-state index contributed by atoms with van der Waals surface area (Å²) in [6.45, 7) is -0.525. The number of fused-ring (bicyclic) bond motifs is 2. The Morgan fingerprint density at radius 3 is 2.55 bits per heavy atom. The highest BCUT2D eigenvalue weighted by Gasteiger charge is 2.54. The zero-order valence-electron chi connectivity index (χ0n) is 18.7. The lowest BCUT2D eigenvalue weighted by Gasteiger charge is -2.47. The maximum absolute atomic E-state index is 13.5. The van der Waals surface area contributed by atoms with Gasteiger partial charge in [-0.1, -0.05) is 41.9 Å². The van der Waals surface area contributed by atoms with Crippen molar-refractivity contribution in [1.29, 1.82) is 0 Å². The van der Waals surface area contributed by atoms with Gasteiger partial charge in [0.1, 0.15) is 5.54 Å². The molecule has 7 heteroatoms. The van der Waals surface area contributed by atoms with Gasteiger partial charge in [-0.05, 0) is 79.2 Å². The van der Waals surface area contributed by atoms with E-state index >= 15 is 0 Å². The Labute approximate surface area is 198 Å². The third kappa shape index (κ3) is 4.47. The third-order valence-electron chi connectivity index (χ3n) is 7.76. The van der Waals surface area contributed by atoms with E-state index in [1.54, 1.807) is 12.1 Å². The van der Waals surface area contributed by atoms with Crippen LogP contribution in [0.3, 0.4) is 0 Å². The smallest absolute Gasteiger partial charge is 0.331 e. The predicted molar refractivity (Wildman–Crippen MR) is 125 cm³/mol. The minimum atomic E-state index is -2.56. The highest BCUT2D eigenvalue weighted by Crippen LogP contribution is 2.56. The number of aliphatic hydroxyl groups is 1. The number of ether oxygens (including phenoxy) is 1. The Kier molecular flexibility index (Phi) is 6.96. The molecule has 0 aromatic heterocycles. The lowest BCUT2D eigenvalue weighted by molar-refractivity contribution is -0.148. The lowest BCUT2D eigenvalue weighted by atomic mass is 9.59. The van der Waals surface area contributed by atoms with Gasteiger partial charge < -0.3 is 15.2 Å². The summed E-state index contributed by atoms with van der Waals surface area (Å²) in [5.41, 5.74) is 1.91. The van der Waals surface area contributed by atoms with Crippen molar-refractivity contribution in [2.45, 2.75) is 55.9 Å². The maximum Gasteiger partial charge on any atom is 0.331 e. The van der Waals surface area contributed by atoms with Crippen LogP contribution in [0.1, 0.15) is 43.2 Å². The molecule has 33 heavy (non-hydrogen) atoms. The molecule has 0 heterocycles. The van der Waals surface area contributed by atoms with Gasteiger partial charge in [0.25, 0.3) is 0 Å². The number of methoxy groups -OCH3 is 1. The second-order valence-electron chi connectivity index (χ2n) is 9.44. The Morgan fingerprint density at radius 1 is 1.18 bits per heavy atom. The van der Waals surface area contributed by atoms with E-state index < -0.39 is 24.5 Å². The summed E-state index contributed by atoms with van der Waals surface area (Å²) in [4.78, 5) is 13.0. The quantitative estimate of drug-likeness (QED) is 0.509. The van der Waals surface area contributed by atoms with Gasteiger partial charge in [-0.15, -0.1) is 0 Å². The first-order chi connectivity index (χ1) is 15.8. The minimum absolute atomic E-state index is 0.0112. The Balaban J connectivity index is 1.64. The molecule has 2 atom stereocenters. The van der Waals surface area contributed by atoms with Crippen LogP contribution in [0.5, 0.6) is 0 Å². The Hall–Kier alpha value is -2.18. The van der Waals surface area contributed by atoms with Crippen molar-refractivity contribution < 1.29 is 23.4 Å². The van der Waals surface area contributed by atoms with Gasteiger partial charge in [-0.3, -0.25) is 0 Å². The van der Waals surface area contributed by atoms with E-state index in [0.29, 0.717) is 37.1 Å². The largest absolute Gasteiger partial charge is 0.467 e. The lowest BCUT2D eigenvalue weighted by Crippen LogP contribution is -2.53. The Bertz CT molecular complexity index is 991. The average molecular weight is 478 g/mol.